The Morgan fingerprint density at radius 2 is 1.82 bits per heavy atom. The molecular weight excluding hydrogens is 276 g/mol. The molecule has 0 aliphatic carbocycles. The largest absolute Gasteiger partial charge is 0.327 e. The molecule has 1 heterocycles. The van der Waals surface area contributed by atoms with E-state index in [2.05, 4.69) is 44.9 Å². The van der Waals surface area contributed by atoms with Gasteiger partial charge < -0.3 is 4.90 Å². The number of aromatic nitrogens is 1. The lowest BCUT2D eigenvalue weighted by Gasteiger charge is -2.22. The van der Waals surface area contributed by atoms with Crippen molar-refractivity contribution in [3.05, 3.63) is 52.6 Å². The van der Waals surface area contributed by atoms with Gasteiger partial charge in [-0.05, 0) is 54.0 Å². The highest BCUT2D eigenvalue weighted by Gasteiger charge is 2.08. The summed E-state index contributed by atoms with van der Waals surface area (Å²) in [4.78, 5) is 6.79. The third-order valence-electron chi connectivity index (χ3n) is 2.67. The maximum absolute atomic E-state index is 4.60. The van der Waals surface area contributed by atoms with Crippen molar-refractivity contribution < 1.29 is 0 Å². The first kappa shape index (κ1) is 12.1. The molecule has 0 saturated heterocycles. The van der Waals surface area contributed by atoms with Crippen LogP contribution in [0.2, 0.25) is 0 Å². The number of para-hydroxylation sites is 1. The number of hydrogen-bond donors (Lipinski definition) is 0. The third kappa shape index (κ3) is 2.67. The van der Waals surface area contributed by atoms with Gasteiger partial charge in [-0.15, -0.1) is 0 Å². The van der Waals surface area contributed by atoms with Gasteiger partial charge >= 0.3 is 0 Å². The second kappa shape index (κ2) is 5.32. The van der Waals surface area contributed by atoms with Gasteiger partial charge in [0.1, 0.15) is 5.82 Å². The molecule has 0 N–H and O–H groups in total. The Labute approximate surface area is 110 Å². The van der Waals surface area contributed by atoms with Crippen molar-refractivity contribution in [3.63, 3.8) is 0 Å². The van der Waals surface area contributed by atoms with Crippen molar-refractivity contribution in [2.24, 2.45) is 0 Å². The van der Waals surface area contributed by atoms with Crippen LogP contribution in [0, 0.1) is 6.92 Å². The van der Waals surface area contributed by atoms with Crippen LogP contribution >= 0.6 is 15.9 Å². The minimum atomic E-state index is 0.901. The minimum Gasteiger partial charge on any atom is -0.327 e. The van der Waals surface area contributed by atoms with E-state index in [1.807, 2.05) is 37.3 Å². The van der Waals surface area contributed by atoms with Crippen molar-refractivity contribution >= 4 is 27.4 Å². The average Bonchev–Trinajstić information content (AvgIpc) is 2.36. The van der Waals surface area contributed by atoms with E-state index in [9.17, 15) is 0 Å². The summed E-state index contributed by atoms with van der Waals surface area (Å²) in [6.45, 7) is 5.04. The molecule has 2 nitrogen and oxygen atoms in total. The number of nitrogens with zero attached hydrogens (tertiary/aromatic N) is 2. The van der Waals surface area contributed by atoms with Crippen molar-refractivity contribution in [2.45, 2.75) is 13.8 Å². The molecule has 0 bridgehead atoms. The fraction of sp³-hybridized carbons (Fsp3) is 0.214. The molecule has 2 aromatic rings. The Kier molecular flexibility index (Phi) is 3.79. The lowest BCUT2D eigenvalue weighted by Crippen LogP contribution is -2.17. The highest BCUT2D eigenvalue weighted by Crippen LogP contribution is 2.25. The summed E-state index contributed by atoms with van der Waals surface area (Å²) in [6, 6.07) is 14.4. The van der Waals surface area contributed by atoms with Gasteiger partial charge in [-0.2, -0.15) is 0 Å². The van der Waals surface area contributed by atoms with E-state index in [4.69, 9.17) is 0 Å². The fourth-order valence-electron chi connectivity index (χ4n) is 1.77. The molecule has 88 valence electrons. The van der Waals surface area contributed by atoms with E-state index >= 15 is 0 Å². The number of aryl methyl sites for hydroxylation is 1. The molecule has 0 unspecified atom stereocenters. The van der Waals surface area contributed by atoms with E-state index in [-0.39, 0.29) is 0 Å². The van der Waals surface area contributed by atoms with Crippen LogP contribution in [0.5, 0.6) is 0 Å². The average molecular weight is 291 g/mol. The van der Waals surface area contributed by atoms with Gasteiger partial charge in [-0.25, -0.2) is 4.98 Å². The first-order valence-corrected chi connectivity index (χ1v) is 6.47. The zero-order valence-electron chi connectivity index (χ0n) is 10.0. The minimum absolute atomic E-state index is 0.901. The van der Waals surface area contributed by atoms with Crippen LogP contribution in [0.4, 0.5) is 11.5 Å². The van der Waals surface area contributed by atoms with Crippen LogP contribution in [0.15, 0.2) is 46.9 Å². The Hall–Kier alpha value is -1.35. The number of anilines is 2. The SMILES string of the molecule is CCN(c1ccccc1)c1ccc(Br)c(C)n1. The Balaban J connectivity index is 2.39. The van der Waals surface area contributed by atoms with Gasteiger partial charge in [-0.3, -0.25) is 0 Å². The van der Waals surface area contributed by atoms with E-state index in [1.54, 1.807) is 0 Å². The number of hydrogen-bond acceptors (Lipinski definition) is 2. The monoisotopic (exact) mass is 290 g/mol. The topological polar surface area (TPSA) is 16.1 Å². The predicted molar refractivity (Wildman–Crippen MR) is 75.8 cm³/mol. The first-order valence-electron chi connectivity index (χ1n) is 5.68. The van der Waals surface area contributed by atoms with Crippen molar-refractivity contribution in [1.29, 1.82) is 0 Å². The summed E-state index contributed by atoms with van der Waals surface area (Å²) in [5.41, 5.74) is 2.18. The Morgan fingerprint density at radius 1 is 1.12 bits per heavy atom. The Morgan fingerprint density at radius 3 is 2.41 bits per heavy atom. The number of halogens is 1. The van der Waals surface area contributed by atoms with Gasteiger partial charge in [0.25, 0.3) is 0 Å². The molecule has 0 radical (unpaired) electrons. The van der Waals surface area contributed by atoms with Gasteiger partial charge in [0, 0.05) is 16.7 Å². The van der Waals surface area contributed by atoms with Crippen LogP contribution in [0.25, 0.3) is 0 Å². The normalized spacial score (nSPS) is 10.3. The highest BCUT2D eigenvalue weighted by molar-refractivity contribution is 9.10. The van der Waals surface area contributed by atoms with Gasteiger partial charge in [0.05, 0.1) is 5.69 Å². The first-order chi connectivity index (χ1) is 8.22. The number of rotatable bonds is 3. The lowest BCUT2D eigenvalue weighted by molar-refractivity contribution is 0.977. The van der Waals surface area contributed by atoms with Gasteiger partial charge in [0.15, 0.2) is 0 Å². The summed E-state index contributed by atoms with van der Waals surface area (Å²) in [5.74, 6) is 0.986. The molecule has 0 fully saturated rings. The zero-order valence-corrected chi connectivity index (χ0v) is 11.6. The summed E-state index contributed by atoms with van der Waals surface area (Å²) in [5, 5.41) is 0. The molecule has 1 aromatic heterocycles. The molecule has 3 heteroatoms. The summed E-state index contributed by atoms with van der Waals surface area (Å²) in [6.07, 6.45) is 0. The van der Waals surface area contributed by atoms with Crippen molar-refractivity contribution in [1.82, 2.24) is 4.98 Å². The van der Waals surface area contributed by atoms with Crippen LogP contribution in [-0.4, -0.2) is 11.5 Å². The highest BCUT2D eigenvalue weighted by atomic mass is 79.9. The molecule has 0 atom stereocenters. The quantitative estimate of drug-likeness (QED) is 0.837. The van der Waals surface area contributed by atoms with Crippen LogP contribution in [0.1, 0.15) is 12.6 Å². The molecule has 0 aliphatic rings. The molecule has 0 amide bonds. The molecule has 0 aliphatic heterocycles. The van der Waals surface area contributed by atoms with Gasteiger partial charge in [-0.1, -0.05) is 18.2 Å². The maximum Gasteiger partial charge on any atom is 0.133 e. The molecule has 17 heavy (non-hydrogen) atoms. The summed E-state index contributed by atoms with van der Waals surface area (Å²) < 4.78 is 1.05. The third-order valence-corrected chi connectivity index (χ3v) is 3.51. The second-order valence-electron chi connectivity index (χ2n) is 3.82. The smallest absolute Gasteiger partial charge is 0.133 e. The fourth-order valence-corrected chi connectivity index (χ4v) is 1.99. The number of pyridine rings is 1. The molecule has 1 aromatic carbocycles. The van der Waals surface area contributed by atoms with Crippen molar-refractivity contribution in [3.8, 4) is 0 Å². The molecule has 2 rings (SSSR count). The molecule has 0 spiro atoms. The second-order valence-corrected chi connectivity index (χ2v) is 4.67. The van der Waals surface area contributed by atoms with E-state index in [1.165, 1.54) is 5.69 Å². The van der Waals surface area contributed by atoms with Crippen LogP contribution in [-0.2, 0) is 0 Å². The van der Waals surface area contributed by atoms with E-state index in [0.717, 1.165) is 22.5 Å². The van der Waals surface area contributed by atoms with Gasteiger partial charge in [0.2, 0.25) is 0 Å². The zero-order chi connectivity index (χ0) is 12.3. The molecule has 0 saturated carbocycles. The standard InChI is InChI=1S/C14H15BrN2/c1-3-17(12-7-5-4-6-8-12)14-10-9-13(15)11(2)16-14/h4-10H,3H2,1-2H3. The van der Waals surface area contributed by atoms with Crippen LogP contribution < -0.4 is 4.90 Å². The maximum atomic E-state index is 4.60. The Bertz CT molecular complexity index is 497. The molecular formula is C14H15BrN2. The summed E-state index contributed by atoms with van der Waals surface area (Å²) in [7, 11) is 0. The summed E-state index contributed by atoms with van der Waals surface area (Å²) >= 11 is 3.48. The van der Waals surface area contributed by atoms with Crippen LogP contribution in [0.3, 0.4) is 0 Å². The van der Waals surface area contributed by atoms with E-state index < -0.39 is 0 Å². The lowest BCUT2D eigenvalue weighted by atomic mass is 10.2. The number of benzene rings is 1. The van der Waals surface area contributed by atoms with E-state index in [0.29, 0.717) is 0 Å². The predicted octanol–water partition coefficient (Wildman–Crippen LogP) is 4.31. The van der Waals surface area contributed by atoms with Crippen molar-refractivity contribution in [2.75, 3.05) is 11.4 Å².